The smallest absolute Gasteiger partial charge is 0.258 e. The van der Waals surface area contributed by atoms with Gasteiger partial charge < -0.3 is 15.0 Å². The molecule has 0 saturated heterocycles. The van der Waals surface area contributed by atoms with E-state index in [9.17, 15) is 9.59 Å². The standard InChI is InChI=1S/C20H21N3O3/c1-12(2)13-4-9-17-16(10-13)20(25)23-18(22-17)11-19(24)21-14-5-7-15(26-3)8-6-14/h4-10,12H,11H2,1-3H3,(H,21,24)(H,22,23,25). The highest BCUT2D eigenvalue weighted by molar-refractivity contribution is 5.92. The third-order valence-corrected chi connectivity index (χ3v) is 4.15. The van der Waals surface area contributed by atoms with Crippen molar-refractivity contribution < 1.29 is 9.53 Å². The van der Waals surface area contributed by atoms with Gasteiger partial charge in [-0.15, -0.1) is 0 Å². The number of carbonyl (C=O) groups is 1. The van der Waals surface area contributed by atoms with Crippen LogP contribution in [0.3, 0.4) is 0 Å². The molecule has 0 saturated carbocycles. The van der Waals surface area contributed by atoms with Crippen LogP contribution < -0.4 is 15.6 Å². The van der Waals surface area contributed by atoms with Gasteiger partial charge in [0.1, 0.15) is 11.6 Å². The summed E-state index contributed by atoms with van der Waals surface area (Å²) in [7, 11) is 1.58. The van der Waals surface area contributed by atoms with Crippen LogP contribution in [0.15, 0.2) is 47.3 Å². The van der Waals surface area contributed by atoms with Crippen molar-refractivity contribution in [1.29, 1.82) is 0 Å². The molecule has 0 aliphatic carbocycles. The Labute approximate surface area is 151 Å². The Balaban J connectivity index is 1.78. The lowest BCUT2D eigenvalue weighted by Crippen LogP contribution is -2.19. The molecule has 0 fully saturated rings. The molecule has 6 heteroatoms. The number of ether oxygens (including phenoxy) is 1. The van der Waals surface area contributed by atoms with Gasteiger partial charge in [-0.3, -0.25) is 9.59 Å². The number of nitrogens with zero attached hydrogens (tertiary/aromatic N) is 1. The largest absolute Gasteiger partial charge is 0.497 e. The summed E-state index contributed by atoms with van der Waals surface area (Å²) in [5, 5.41) is 3.31. The van der Waals surface area contributed by atoms with E-state index in [0.717, 1.165) is 5.56 Å². The average Bonchev–Trinajstić information content (AvgIpc) is 2.62. The number of hydrogen-bond acceptors (Lipinski definition) is 4. The molecule has 0 aliphatic heterocycles. The molecule has 1 amide bonds. The van der Waals surface area contributed by atoms with Gasteiger partial charge in [-0.25, -0.2) is 4.98 Å². The average molecular weight is 351 g/mol. The van der Waals surface area contributed by atoms with E-state index in [0.29, 0.717) is 34.1 Å². The molecular formula is C20H21N3O3. The Bertz CT molecular complexity index is 991. The second-order valence-electron chi connectivity index (χ2n) is 6.40. The van der Waals surface area contributed by atoms with Crippen LogP contribution >= 0.6 is 0 Å². The van der Waals surface area contributed by atoms with Crippen LogP contribution in [0, 0.1) is 0 Å². The molecule has 3 aromatic rings. The van der Waals surface area contributed by atoms with E-state index in [1.807, 2.05) is 18.2 Å². The minimum atomic E-state index is -0.253. The van der Waals surface area contributed by atoms with Gasteiger partial charge in [0, 0.05) is 5.69 Å². The number of aromatic nitrogens is 2. The molecule has 0 bridgehead atoms. The second-order valence-corrected chi connectivity index (χ2v) is 6.40. The SMILES string of the molecule is COc1ccc(NC(=O)Cc2nc3ccc(C(C)C)cc3c(=O)[nH]2)cc1. The molecule has 134 valence electrons. The molecule has 0 atom stereocenters. The van der Waals surface area contributed by atoms with E-state index in [4.69, 9.17) is 4.74 Å². The first-order valence-electron chi connectivity index (χ1n) is 8.43. The highest BCUT2D eigenvalue weighted by Crippen LogP contribution is 2.18. The van der Waals surface area contributed by atoms with E-state index in [1.165, 1.54) is 0 Å². The van der Waals surface area contributed by atoms with Crippen molar-refractivity contribution in [3.05, 3.63) is 64.2 Å². The number of carbonyl (C=O) groups excluding carboxylic acids is 1. The number of fused-ring (bicyclic) bond motifs is 1. The van der Waals surface area contributed by atoms with E-state index in [1.54, 1.807) is 31.4 Å². The summed E-state index contributed by atoms with van der Waals surface area (Å²) < 4.78 is 5.08. The van der Waals surface area contributed by atoms with Crippen molar-refractivity contribution in [2.45, 2.75) is 26.2 Å². The van der Waals surface area contributed by atoms with Gasteiger partial charge in [-0.1, -0.05) is 19.9 Å². The number of rotatable bonds is 5. The summed E-state index contributed by atoms with van der Waals surface area (Å²) in [6.45, 7) is 4.14. The van der Waals surface area contributed by atoms with E-state index < -0.39 is 0 Å². The van der Waals surface area contributed by atoms with Gasteiger partial charge in [-0.05, 0) is 47.9 Å². The molecule has 26 heavy (non-hydrogen) atoms. The van der Waals surface area contributed by atoms with Crippen molar-refractivity contribution >= 4 is 22.5 Å². The third kappa shape index (κ3) is 3.91. The Hall–Kier alpha value is -3.15. The topological polar surface area (TPSA) is 84.1 Å². The number of benzene rings is 2. The number of nitrogens with one attached hydrogen (secondary N) is 2. The zero-order valence-corrected chi connectivity index (χ0v) is 15.0. The Morgan fingerprint density at radius 2 is 1.92 bits per heavy atom. The first-order valence-corrected chi connectivity index (χ1v) is 8.43. The fraction of sp³-hybridized carbons (Fsp3) is 0.250. The number of H-pyrrole nitrogens is 1. The summed E-state index contributed by atoms with van der Waals surface area (Å²) in [5.41, 5.74) is 2.09. The quantitative estimate of drug-likeness (QED) is 0.739. The van der Waals surface area contributed by atoms with Crippen LogP contribution in [-0.4, -0.2) is 23.0 Å². The molecule has 0 aliphatic rings. The predicted molar refractivity (Wildman–Crippen MR) is 102 cm³/mol. The fourth-order valence-electron chi connectivity index (χ4n) is 2.68. The molecule has 0 spiro atoms. The molecule has 1 heterocycles. The predicted octanol–water partition coefficient (Wildman–Crippen LogP) is 3.24. The van der Waals surface area contributed by atoms with Crippen molar-refractivity contribution in [2.75, 3.05) is 12.4 Å². The second kappa shape index (κ2) is 7.39. The van der Waals surface area contributed by atoms with Crippen LogP contribution in [0.4, 0.5) is 5.69 Å². The minimum absolute atomic E-state index is 0.0108. The normalized spacial score (nSPS) is 10.9. The van der Waals surface area contributed by atoms with Crippen LogP contribution in [0.1, 0.15) is 31.2 Å². The third-order valence-electron chi connectivity index (χ3n) is 4.15. The van der Waals surface area contributed by atoms with Crippen molar-refractivity contribution in [3.63, 3.8) is 0 Å². The van der Waals surface area contributed by atoms with Gasteiger partial charge in [0.25, 0.3) is 5.56 Å². The maximum Gasteiger partial charge on any atom is 0.258 e. The summed E-state index contributed by atoms with van der Waals surface area (Å²) >= 11 is 0. The highest BCUT2D eigenvalue weighted by atomic mass is 16.5. The van der Waals surface area contributed by atoms with E-state index in [2.05, 4.69) is 29.1 Å². The molecule has 2 aromatic carbocycles. The van der Waals surface area contributed by atoms with Gasteiger partial charge >= 0.3 is 0 Å². The van der Waals surface area contributed by atoms with Crippen LogP contribution in [-0.2, 0) is 11.2 Å². The molecular weight excluding hydrogens is 330 g/mol. The summed E-state index contributed by atoms with van der Waals surface area (Å²) in [6.07, 6.45) is -0.0108. The zero-order chi connectivity index (χ0) is 18.7. The van der Waals surface area contributed by atoms with Crippen molar-refractivity contribution in [3.8, 4) is 5.75 Å². The number of amides is 1. The van der Waals surface area contributed by atoms with E-state index >= 15 is 0 Å². The Morgan fingerprint density at radius 1 is 1.19 bits per heavy atom. The summed E-state index contributed by atoms with van der Waals surface area (Å²) in [5.74, 6) is 1.13. The number of anilines is 1. The van der Waals surface area contributed by atoms with Crippen LogP contribution in [0.5, 0.6) is 5.75 Å². The van der Waals surface area contributed by atoms with Crippen molar-refractivity contribution in [2.24, 2.45) is 0 Å². The number of aromatic amines is 1. The number of methoxy groups -OCH3 is 1. The monoisotopic (exact) mass is 351 g/mol. The number of hydrogen-bond donors (Lipinski definition) is 2. The lowest BCUT2D eigenvalue weighted by Gasteiger charge is -2.08. The Morgan fingerprint density at radius 3 is 2.58 bits per heavy atom. The fourth-order valence-corrected chi connectivity index (χ4v) is 2.68. The maximum absolute atomic E-state index is 12.3. The van der Waals surface area contributed by atoms with E-state index in [-0.39, 0.29) is 17.9 Å². The molecule has 0 radical (unpaired) electrons. The molecule has 6 nitrogen and oxygen atoms in total. The summed E-state index contributed by atoms with van der Waals surface area (Å²) in [4.78, 5) is 31.7. The highest BCUT2D eigenvalue weighted by Gasteiger charge is 2.10. The van der Waals surface area contributed by atoms with Crippen molar-refractivity contribution in [1.82, 2.24) is 9.97 Å². The molecule has 2 N–H and O–H groups in total. The van der Waals surface area contributed by atoms with Gasteiger partial charge in [0.15, 0.2) is 0 Å². The van der Waals surface area contributed by atoms with Crippen LogP contribution in [0.25, 0.3) is 10.9 Å². The Kier molecular flexibility index (Phi) is 5.02. The zero-order valence-electron chi connectivity index (χ0n) is 15.0. The maximum atomic E-state index is 12.3. The van der Waals surface area contributed by atoms with Crippen LogP contribution in [0.2, 0.25) is 0 Å². The first kappa shape index (κ1) is 17.7. The lowest BCUT2D eigenvalue weighted by atomic mass is 10.0. The molecule has 1 aromatic heterocycles. The minimum Gasteiger partial charge on any atom is -0.497 e. The van der Waals surface area contributed by atoms with Gasteiger partial charge in [-0.2, -0.15) is 0 Å². The van der Waals surface area contributed by atoms with Gasteiger partial charge in [0.2, 0.25) is 5.91 Å². The van der Waals surface area contributed by atoms with Gasteiger partial charge in [0.05, 0.1) is 24.4 Å². The summed E-state index contributed by atoms with van der Waals surface area (Å²) in [6, 6.07) is 12.7. The first-order chi connectivity index (χ1) is 12.5. The molecule has 0 unspecified atom stereocenters. The lowest BCUT2D eigenvalue weighted by molar-refractivity contribution is -0.115. The molecule has 3 rings (SSSR count).